The van der Waals surface area contributed by atoms with Crippen LogP contribution in [0, 0.1) is 0 Å². The Morgan fingerprint density at radius 1 is 1.42 bits per heavy atom. The van der Waals surface area contributed by atoms with Gasteiger partial charge in [-0.25, -0.2) is 0 Å². The van der Waals surface area contributed by atoms with Gasteiger partial charge in [0.15, 0.2) is 5.58 Å². The first-order chi connectivity index (χ1) is 9.22. The number of benzene rings is 1. The average Bonchev–Trinajstić information content (AvgIpc) is 2.78. The van der Waals surface area contributed by atoms with E-state index in [1.165, 1.54) is 6.42 Å². The normalized spacial score (nSPS) is 17.1. The lowest BCUT2D eigenvalue weighted by Crippen LogP contribution is -2.55. The predicted molar refractivity (Wildman–Crippen MR) is 76.2 cm³/mol. The van der Waals surface area contributed by atoms with Crippen molar-refractivity contribution in [2.75, 3.05) is 5.33 Å². The molecule has 0 bridgehead atoms. The minimum absolute atomic E-state index is 0.0122. The molecule has 1 fully saturated rings. The molecule has 0 radical (unpaired) electrons. The van der Waals surface area contributed by atoms with Crippen molar-refractivity contribution in [1.29, 1.82) is 0 Å². The maximum atomic E-state index is 12.1. The van der Waals surface area contributed by atoms with Gasteiger partial charge >= 0.3 is 0 Å². The summed E-state index contributed by atoms with van der Waals surface area (Å²) in [5, 5.41) is 8.83. The number of nitrogens with one attached hydrogen (secondary N) is 1. The molecular formula is C14H15BrN2O2. The Balaban J connectivity index is 1.72. The molecule has 2 aromatic rings. The Labute approximate surface area is 119 Å². The molecule has 1 aromatic heterocycles. The summed E-state index contributed by atoms with van der Waals surface area (Å²) in [6, 6.07) is 7.60. The van der Waals surface area contributed by atoms with Crippen molar-refractivity contribution in [2.45, 2.75) is 31.2 Å². The van der Waals surface area contributed by atoms with Gasteiger partial charge in [-0.3, -0.25) is 4.79 Å². The van der Waals surface area contributed by atoms with Crippen LogP contribution >= 0.6 is 15.9 Å². The number of para-hydroxylation sites is 1. The highest BCUT2D eigenvalue weighted by atomic mass is 79.9. The number of carbonyl (C=O) groups is 1. The van der Waals surface area contributed by atoms with Crippen molar-refractivity contribution < 1.29 is 9.32 Å². The summed E-state index contributed by atoms with van der Waals surface area (Å²) in [6.45, 7) is 0. The molecular weight excluding hydrogens is 308 g/mol. The molecule has 0 unspecified atom stereocenters. The van der Waals surface area contributed by atoms with Crippen LogP contribution < -0.4 is 5.32 Å². The van der Waals surface area contributed by atoms with Gasteiger partial charge in [-0.1, -0.05) is 33.2 Å². The van der Waals surface area contributed by atoms with Crippen molar-refractivity contribution in [2.24, 2.45) is 0 Å². The van der Waals surface area contributed by atoms with Crippen molar-refractivity contribution in [3.05, 3.63) is 30.0 Å². The van der Waals surface area contributed by atoms with Crippen LogP contribution in [0.4, 0.5) is 0 Å². The molecule has 5 heteroatoms. The fourth-order valence-electron chi connectivity index (χ4n) is 2.45. The second kappa shape index (κ2) is 4.96. The molecule has 1 saturated carbocycles. The summed E-state index contributed by atoms with van der Waals surface area (Å²) in [5.74, 6) is 0.0122. The Hall–Kier alpha value is -1.36. The Kier molecular flexibility index (Phi) is 3.31. The largest absolute Gasteiger partial charge is 0.356 e. The van der Waals surface area contributed by atoms with Crippen molar-refractivity contribution in [3.8, 4) is 0 Å². The van der Waals surface area contributed by atoms with Crippen LogP contribution in [0.25, 0.3) is 11.0 Å². The number of nitrogens with zero attached hydrogens (tertiary/aromatic N) is 1. The molecule has 19 heavy (non-hydrogen) atoms. The number of hydrogen-bond donors (Lipinski definition) is 1. The van der Waals surface area contributed by atoms with Gasteiger partial charge in [-0.15, -0.1) is 0 Å². The first-order valence-electron chi connectivity index (χ1n) is 6.43. The van der Waals surface area contributed by atoms with E-state index in [4.69, 9.17) is 4.52 Å². The lowest BCUT2D eigenvalue weighted by atomic mass is 9.78. The zero-order valence-electron chi connectivity index (χ0n) is 10.5. The highest BCUT2D eigenvalue weighted by Gasteiger charge is 2.37. The van der Waals surface area contributed by atoms with Crippen LogP contribution in [0.5, 0.6) is 0 Å². The predicted octanol–water partition coefficient (Wildman–Crippen LogP) is 2.80. The second-order valence-electron chi connectivity index (χ2n) is 5.12. The number of aromatic nitrogens is 1. The number of carbonyl (C=O) groups excluding carboxylic acids is 1. The number of hydrogen-bond acceptors (Lipinski definition) is 3. The third-order valence-electron chi connectivity index (χ3n) is 3.75. The van der Waals surface area contributed by atoms with Crippen LogP contribution in [-0.2, 0) is 11.2 Å². The van der Waals surface area contributed by atoms with Crippen molar-refractivity contribution in [1.82, 2.24) is 10.5 Å². The molecule has 100 valence electrons. The fraction of sp³-hybridized carbons (Fsp3) is 0.429. The summed E-state index contributed by atoms with van der Waals surface area (Å²) in [4.78, 5) is 12.1. The molecule has 1 aliphatic rings. The van der Waals surface area contributed by atoms with Gasteiger partial charge < -0.3 is 9.84 Å². The minimum Gasteiger partial charge on any atom is -0.356 e. The van der Waals surface area contributed by atoms with Gasteiger partial charge in [0.05, 0.1) is 6.42 Å². The summed E-state index contributed by atoms with van der Waals surface area (Å²) >= 11 is 3.48. The van der Waals surface area contributed by atoms with E-state index in [1.54, 1.807) is 0 Å². The second-order valence-corrected chi connectivity index (χ2v) is 5.68. The van der Waals surface area contributed by atoms with E-state index in [2.05, 4.69) is 26.4 Å². The van der Waals surface area contributed by atoms with Crippen LogP contribution in [0.15, 0.2) is 28.8 Å². The van der Waals surface area contributed by atoms with Gasteiger partial charge in [0.2, 0.25) is 5.91 Å². The topological polar surface area (TPSA) is 55.1 Å². The number of amides is 1. The lowest BCUT2D eigenvalue weighted by molar-refractivity contribution is -0.123. The molecule has 0 spiro atoms. The van der Waals surface area contributed by atoms with Crippen LogP contribution in [0.3, 0.4) is 0 Å². The molecule has 1 aliphatic carbocycles. The summed E-state index contributed by atoms with van der Waals surface area (Å²) in [7, 11) is 0. The minimum atomic E-state index is -0.0450. The number of rotatable bonds is 4. The molecule has 4 nitrogen and oxygen atoms in total. The lowest BCUT2D eigenvalue weighted by Gasteiger charge is -2.41. The van der Waals surface area contributed by atoms with E-state index in [0.717, 1.165) is 29.1 Å². The molecule has 1 heterocycles. The highest BCUT2D eigenvalue weighted by Crippen LogP contribution is 2.33. The SMILES string of the molecule is O=C(Cc1noc2ccccc12)NC1(CBr)CCC1. The molecule has 0 saturated heterocycles. The van der Waals surface area contributed by atoms with E-state index in [1.807, 2.05) is 24.3 Å². The van der Waals surface area contributed by atoms with Gasteiger partial charge in [0, 0.05) is 16.3 Å². The fourth-order valence-corrected chi connectivity index (χ4v) is 3.15. The maximum absolute atomic E-state index is 12.1. The Morgan fingerprint density at radius 2 is 2.21 bits per heavy atom. The van der Waals surface area contributed by atoms with Crippen LogP contribution in [-0.4, -0.2) is 21.9 Å². The zero-order valence-corrected chi connectivity index (χ0v) is 12.1. The monoisotopic (exact) mass is 322 g/mol. The Bertz CT molecular complexity index is 599. The molecule has 3 rings (SSSR count). The summed E-state index contributed by atoms with van der Waals surface area (Å²) in [5.41, 5.74) is 1.39. The van der Waals surface area contributed by atoms with E-state index >= 15 is 0 Å². The molecule has 0 aliphatic heterocycles. The van der Waals surface area contributed by atoms with Crippen LogP contribution in [0.2, 0.25) is 0 Å². The third kappa shape index (κ3) is 2.39. The van der Waals surface area contributed by atoms with Gasteiger partial charge in [0.1, 0.15) is 5.69 Å². The third-order valence-corrected chi connectivity index (χ3v) is 4.82. The number of fused-ring (bicyclic) bond motifs is 1. The van der Waals surface area contributed by atoms with Gasteiger partial charge in [-0.2, -0.15) is 0 Å². The van der Waals surface area contributed by atoms with E-state index in [9.17, 15) is 4.79 Å². The number of halogens is 1. The standard InChI is InChI=1S/C14H15BrN2O2/c15-9-14(6-3-7-14)16-13(18)8-11-10-4-1-2-5-12(10)19-17-11/h1-2,4-5H,3,6-9H2,(H,16,18). The van der Waals surface area contributed by atoms with Gasteiger partial charge in [-0.05, 0) is 31.4 Å². The quantitative estimate of drug-likeness (QED) is 0.880. The molecule has 1 N–H and O–H groups in total. The smallest absolute Gasteiger partial charge is 0.226 e. The van der Waals surface area contributed by atoms with Gasteiger partial charge in [0.25, 0.3) is 0 Å². The van der Waals surface area contributed by atoms with E-state index in [0.29, 0.717) is 5.69 Å². The molecule has 1 aromatic carbocycles. The Morgan fingerprint density at radius 3 is 2.89 bits per heavy atom. The summed E-state index contributed by atoms with van der Waals surface area (Å²) < 4.78 is 5.21. The van der Waals surface area contributed by atoms with E-state index in [-0.39, 0.29) is 17.9 Å². The molecule has 0 atom stereocenters. The van der Waals surface area contributed by atoms with Crippen LogP contribution in [0.1, 0.15) is 25.0 Å². The van der Waals surface area contributed by atoms with E-state index < -0.39 is 0 Å². The zero-order chi connectivity index (χ0) is 13.3. The molecule has 1 amide bonds. The maximum Gasteiger partial charge on any atom is 0.226 e. The highest BCUT2D eigenvalue weighted by molar-refractivity contribution is 9.09. The average molecular weight is 323 g/mol. The first kappa shape index (κ1) is 12.7. The number of alkyl halides is 1. The summed E-state index contributed by atoms with van der Waals surface area (Å²) in [6.07, 6.45) is 3.54. The first-order valence-corrected chi connectivity index (χ1v) is 7.55. The van der Waals surface area contributed by atoms with Crippen molar-refractivity contribution >= 4 is 32.8 Å². The van der Waals surface area contributed by atoms with Crippen molar-refractivity contribution in [3.63, 3.8) is 0 Å².